The summed E-state index contributed by atoms with van der Waals surface area (Å²) in [5.74, 6) is -0.219. The van der Waals surface area contributed by atoms with E-state index in [-0.39, 0.29) is 12.5 Å². The predicted octanol–water partition coefficient (Wildman–Crippen LogP) is 0.112. The lowest BCUT2D eigenvalue weighted by Gasteiger charge is -2.32. The van der Waals surface area contributed by atoms with Crippen molar-refractivity contribution < 1.29 is 9.90 Å². The Labute approximate surface area is 128 Å². The van der Waals surface area contributed by atoms with E-state index in [1.165, 1.54) is 0 Å². The summed E-state index contributed by atoms with van der Waals surface area (Å²) in [5, 5.41) is 23.9. The van der Waals surface area contributed by atoms with Crippen LogP contribution in [0.5, 0.6) is 0 Å². The highest BCUT2D eigenvalue weighted by Crippen LogP contribution is 2.16. The summed E-state index contributed by atoms with van der Waals surface area (Å²) < 4.78 is 1.69. The van der Waals surface area contributed by atoms with Crippen LogP contribution < -0.4 is 10.6 Å². The summed E-state index contributed by atoms with van der Waals surface area (Å²) in [7, 11) is 0. The topological polar surface area (TPSA) is 92.1 Å². The maximum atomic E-state index is 12.4. The number of β-amino-alcohol motifs (C(OH)–C–C–N with tert-alkyl or cyclic N) is 1. The molecule has 1 aromatic carbocycles. The average molecular weight is 301 g/mol. The fourth-order valence-corrected chi connectivity index (χ4v) is 2.66. The van der Waals surface area contributed by atoms with Crippen molar-refractivity contribution in [2.45, 2.75) is 18.4 Å². The molecule has 2 aromatic rings. The number of carbonyl (C=O) groups is 1. The first-order valence-electron chi connectivity index (χ1n) is 7.33. The molecule has 1 aromatic heterocycles. The van der Waals surface area contributed by atoms with Crippen molar-refractivity contribution in [2.24, 2.45) is 0 Å². The number of nitrogens with one attached hydrogen (secondary N) is 2. The number of hydrogen-bond donors (Lipinski definition) is 3. The number of nitrogens with zero attached hydrogens (tertiary/aromatic N) is 3. The molecule has 1 aliphatic rings. The monoisotopic (exact) mass is 301 g/mol. The second-order valence-corrected chi connectivity index (χ2v) is 5.57. The van der Waals surface area contributed by atoms with Gasteiger partial charge in [0.1, 0.15) is 12.7 Å². The van der Waals surface area contributed by atoms with Gasteiger partial charge in [-0.25, -0.2) is 0 Å². The molecule has 2 heterocycles. The number of benzene rings is 1. The second kappa shape index (κ2) is 6.25. The molecule has 116 valence electrons. The lowest BCUT2D eigenvalue weighted by molar-refractivity contribution is 0.0170. The van der Waals surface area contributed by atoms with Crippen molar-refractivity contribution in [3.05, 3.63) is 42.5 Å². The minimum atomic E-state index is -0.876. The molecule has 0 radical (unpaired) electrons. The van der Waals surface area contributed by atoms with Crippen LogP contribution in [0.1, 0.15) is 23.2 Å². The third-order valence-electron chi connectivity index (χ3n) is 3.87. The molecule has 0 spiro atoms. The minimum Gasteiger partial charge on any atom is -0.387 e. The summed E-state index contributed by atoms with van der Waals surface area (Å²) in [4.78, 5) is 12.4. The number of aliphatic hydroxyl groups is 1. The molecule has 3 rings (SSSR count). The van der Waals surface area contributed by atoms with Crippen molar-refractivity contribution in [3.63, 3.8) is 0 Å². The minimum absolute atomic E-state index is 0.219. The third-order valence-corrected chi connectivity index (χ3v) is 3.87. The van der Waals surface area contributed by atoms with Gasteiger partial charge in [-0.1, -0.05) is 12.1 Å². The highest BCUT2D eigenvalue weighted by atomic mass is 16.3. The molecule has 3 N–H and O–H groups in total. The van der Waals surface area contributed by atoms with Gasteiger partial charge in [-0.15, -0.1) is 10.2 Å². The number of aromatic nitrogens is 3. The lowest BCUT2D eigenvalue weighted by atomic mass is 9.94. The summed E-state index contributed by atoms with van der Waals surface area (Å²) in [5.41, 5.74) is 0.354. The number of hydrogen-bond acceptors (Lipinski definition) is 5. The van der Waals surface area contributed by atoms with Gasteiger partial charge in [0.05, 0.1) is 16.9 Å². The molecular weight excluding hydrogens is 282 g/mol. The Balaban J connectivity index is 1.73. The van der Waals surface area contributed by atoms with E-state index in [2.05, 4.69) is 20.8 Å². The van der Waals surface area contributed by atoms with Crippen molar-refractivity contribution in [1.29, 1.82) is 0 Å². The van der Waals surface area contributed by atoms with Crippen molar-refractivity contribution >= 4 is 5.91 Å². The van der Waals surface area contributed by atoms with Crippen LogP contribution in [0.2, 0.25) is 0 Å². The van der Waals surface area contributed by atoms with Crippen LogP contribution in [-0.4, -0.2) is 51.0 Å². The van der Waals surface area contributed by atoms with Gasteiger partial charge in [0.25, 0.3) is 5.91 Å². The number of rotatable bonds is 4. The van der Waals surface area contributed by atoms with E-state index < -0.39 is 5.60 Å². The van der Waals surface area contributed by atoms with Crippen LogP contribution in [0.4, 0.5) is 0 Å². The van der Waals surface area contributed by atoms with Crippen LogP contribution in [-0.2, 0) is 0 Å². The van der Waals surface area contributed by atoms with Gasteiger partial charge in [0.15, 0.2) is 0 Å². The predicted molar refractivity (Wildman–Crippen MR) is 80.7 cm³/mol. The van der Waals surface area contributed by atoms with Gasteiger partial charge in [-0.05, 0) is 31.5 Å². The molecule has 22 heavy (non-hydrogen) atoms. The molecule has 1 fully saturated rings. The molecular formula is C15H19N5O2. The molecule has 1 saturated heterocycles. The number of amides is 1. The molecule has 7 nitrogen and oxygen atoms in total. The van der Waals surface area contributed by atoms with E-state index in [0.717, 1.165) is 13.0 Å². The van der Waals surface area contributed by atoms with E-state index in [0.29, 0.717) is 24.2 Å². The normalized spacial score (nSPS) is 21.5. The van der Waals surface area contributed by atoms with Crippen molar-refractivity contribution in [2.75, 3.05) is 19.6 Å². The molecule has 1 aliphatic heterocycles. The van der Waals surface area contributed by atoms with Gasteiger partial charge in [-0.2, -0.15) is 0 Å². The zero-order valence-electron chi connectivity index (χ0n) is 12.2. The molecule has 1 atom stereocenters. The first-order valence-corrected chi connectivity index (χ1v) is 7.33. The molecule has 0 saturated carbocycles. The highest BCUT2D eigenvalue weighted by molar-refractivity contribution is 5.97. The zero-order chi connectivity index (χ0) is 15.4. The average Bonchev–Trinajstić information content (AvgIpc) is 3.08. The maximum Gasteiger partial charge on any atom is 0.253 e. The fraction of sp³-hybridized carbons (Fsp3) is 0.400. The van der Waals surface area contributed by atoms with Crippen LogP contribution >= 0.6 is 0 Å². The standard InChI is InChI=1S/C15H19N5O2/c21-14(17-9-15(22)6-3-7-16-8-15)12-4-1-2-5-13(12)20-10-18-19-11-20/h1-2,4-5,10-11,16,22H,3,6-9H2,(H,17,21). The quantitative estimate of drug-likeness (QED) is 0.745. The highest BCUT2D eigenvalue weighted by Gasteiger charge is 2.29. The summed E-state index contributed by atoms with van der Waals surface area (Å²) in [6, 6.07) is 7.23. The Hall–Kier alpha value is -2.25. The van der Waals surface area contributed by atoms with Crippen LogP contribution in [0.15, 0.2) is 36.9 Å². The first kappa shape index (κ1) is 14.7. The second-order valence-electron chi connectivity index (χ2n) is 5.57. The van der Waals surface area contributed by atoms with Gasteiger partial charge in [0.2, 0.25) is 0 Å². The van der Waals surface area contributed by atoms with E-state index in [4.69, 9.17) is 0 Å². The van der Waals surface area contributed by atoms with Crippen LogP contribution in [0, 0.1) is 0 Å². The van der Waals surface area contributed by atoms with E-state index in [9.17, 15) is 9.90 Å². The molecule has 7 heteroatoms. The molecule has 1 unspecified atom stereocenters. The van der Waals surface area contributed by atoms with Crippen molar-refractivity contribution in [3.8, 4) is 5.69 Å². The molecule has 0 bridgehead atoms. The van der Waals surface area contributed by atoms with Gasteiger partial charge >= 0.3 is 0 Å². The molecule has 1 amide bonds. The van der Waals surface area contributed by atoms with Crippen LogP contribution in [0.25, 0.3) is 5.69 Å². The Morgan fingerprint density at radius 3 is 2.86 bits per heavy atom. The Morgan fingerprint density at radius 1 is 1.36 bits per heavy atom. The zero-order valence-corrected chi connectivity index (χ0v) is 12.2. The van der Waals surface area contributed by atoms with E-state index in [1.54, 1.807) is 29.4 Å². The summed E-state index contributed by atoms with van der Waals surface area (Å²) in [6.45, 7) is 1.64. The van der Waals surface area contributed by atoms with Gasteiger partial charge in [0, 0.05) is 13.1 Å². The van der Waals surface area contributed by atoms with E-state index >= 15 is 0 Å². The first-order chi connectivity index (χ1) is 10.7. The largest absolute Gasteiger partial charge is 0.387 e. The third kappa shape index (κ3) is 3.15. The summed E-state index contributed by atoms with van der Waals surface area (Å²) >= 11 is 0. The smallest absolute Gasteiger partial charge is 0.253 e. The number of carbonyl (C=O) groups excluding carboxylic acids is 1. The summed E-state index contributed by atoms with van der Waals surface area (Å²) in [6.07, 6.45) is 4.69. The molecule has 0 aliphatic carbocycles. The maximum absolute atomic E-state index is 12.4. The lowest BCUT2D eigenvalue weighted by Crippen LogP contribution is -2.52. The SMILES string of the molecule is O=C(NCC1(O)CCCNC1)c1ccccc1-n1cnnc1. The van der Waals surface area contributed by atoms with Crippen molar-refractivity contribution in [1.82, 2.24) is 25.4 Å². The van der Waals surface area contributed by atoms with Gasteiger partial charge in [-0.3, -0.25) is 9.36 Å². The fourth-order valence-electron chi connectivity index (χ4n) is 2.66. The Bertz CT molecular complexity index is 635. The Morgan fingerprint density at radius 2 is 2.14 bits per heavy atom. The number of piperidine rings is 1. The van der Waals surface area contributed by atoms with Crippen LogP contribution in [0.3, 0.4) is 0 Å². The van der Waals surface area contributed by atoms with E-state index in [1.807, 2.05) is 12.1 Å². The number of para-hydroxylation sites is 1. The van der Waals surface area contributed by atoms with Gasteiger partial charge < -0.3 is 15.7 Å². The Kier molecular flexibility index (Phi) is 4.17.